The molecule has 0 aliphatic heterocycles. The highest BCUT2D eigenvalue weighted by Gasteiger charge is 2.07. The maximum absolute atomic E-state index is 11.2. The van der Waals surface area contributed by atoms with Gasteiger partial charge in [0.1, 0.15) is 0 Å². The maximum atomic E-state index is 11.2. The van der Waals surface area contributed by atoms with Gasteiger partial charge in [0.15, 0.2) is 0 Å². The van der Waals surface area contributed by atoms with E-state index in [9.17, 15) is 9.46 Å². The molecule has 0 aromatic heterocycles. The van der Waals surface area contributed by atoms with Crippen molar-refractivity contribution in [1.29, 1.82) is 0 Å². The van der Waals surface area contributed by atoms with E-state index in [1.165, 1.54) is 83.5 Å². The molecule has 0 rings (SSSR count). The van der Waals surface area contributed by atoms with Crippen LogP contribution in [0.1, 0.15) is 103 Å². The molecule has 0 spiro atoms. The van der Waals surface area contributed by atoms with Crippen molar-refractivity contribution >= 4 is 7.82 Å². The van der Waals surface area contributed by atoms with Crippen molar-refractivity contribution in [2.45, 2.75) is 103 Å². The lowest BCUT2D eigenvalue weighted by Gasteiger charge is -2.21. The van der Waals surface area contributed by atoms with Crippen LogP contribution in [0.25, 0.3) is 0 Å². The number of rotatable bonds is 23. The topological polar surface area (TPSA) is 88.1 Å². The summed E-state index contributed by atoms with van der Waals surface area (Å²) in [7, 11) is -4.27. The second kappa shape index (κ2) is 21.7. The van der Waals surface area contributed by atoms with Gasteiger partial charge in [0.25, 0.3) is 7.82 Å². The van der Waals surface area contributed by atoms with Crippen LogP contribution in [0.5, 0.6) is 0 Å². The van der Waals surface area contributed by atoms with Crippen LogP contribution < -0.4 is 4.89 Å². The zero-order chi connectivity index (χ0) is 20.8. The second-order valence-electron chi connectivity index (χ2n) is 7.40. The van der Waals surface area contributed by atoms with E-state index in [4.69, 9.17) is 9.84 Å². The summed E-state index contributed by atoms with van der Waals surface area (Å²) in [6, 6.07) is 0. The van der Waals surface area contributed by atoms with Crippen LogP contribution in [0.3, 0.4) is 0 Å². The minimum Gasteiger partial charge on any atom is -0.756 e. The predicted octanol–water partition coefficient (Wildman–Crippen LogP) is 5.37. The smallest absolute Gasteiger partial charge is 0.267 e. The fourth-order valence-electron chi connectivity index (χ4n) is 3.03. The Kier molecular flexibility index (Phi) is 21.8. The zero-order valence-corrected chi connectivity index (χ0v) is 19.0. The molecular weight excluding hydrogens is 379 g/mol. The normalized spacial score (nSPS) is 13.7. The monoisotopic (exact) mass is 423 g/mol. The average molecular weight is 424 g/mol. The van der Waals surface area contributed by atoms with Crippen molar-refractivity contribution < 1.29 is 28.3 Å². The van der Waals surface area contributed by atoms with Gasteiger partial charge in [-0.2, -0.15) is 0 Å². The zero-order valence-electron chi connectivity index (χ0n) is 18.1. The SMILES string of the molecule is CCCCCCCCCCCCCCCCOCCCOP(=O)([O-])OCCO. The van der Waals surface area contributed by atoms with Crippen LogP contribution in [-0.4, -0.2) is 38.1 Å². The Hall–Kier alpha value is 0.0300. The highest BCUT2D eigenvalue weighted by atomic mass is 31.2. The molecule has 0 radical (unpaired) electrons. The molecule has 0 amide bonds. The van der Waals surface area contributed by atoms with Gasteiger partial charge in [0.05, 0.1) is 19.8 Å². The van der Waals surface area contributed by atoms with Gasteiger partial charge >= 0.3 is 0 Å². The van der Waals surface area contributed by atoms with Gasteiger partial charge in [0.2, 0.25) is 0 Å². The largest absolute Gasteiger partial charge is 0.756 e. The highest BCUT2D eigenvalue weighted by molar-refractivity contribution is 7.45. The Bertz CT molecular complexity index is 354. The number of phosphoric acid groups is 1. The molecule has 0 aromatic carbocycles. The van der Waals surface area contributed by atoms with Crippen LogP contribution in [0.2, 0.25) is 0 Å². The van der Waals surface area contributed by atoms with Crippen molar-refractivity contribution in [2.75, 3.05) is 33.0 Å². The fraction of sp³-hybridized carbons (Fsp3) is 1.00. The van der Waals surface area contributed by atoms with Gasteiger partial charge in [-0.15, -0.1) is 0 Å². The quantitative estimate of drug-likeness (QED) is 0.176. The number of aliphatic hydroxyl groups is 1. The first kappa shape index (κ1) is 28.0. The Morgan fingerprint density at radius 1 is 0.643 bits per heavy atom. The molecule has 0 heterocycles. The molecule has 1 unspecified atom stereocenters. The standard InChI is InChI=1S/C21H45O6P/c1-2-3-4-5-6-7-8-9-10-11-12-13-14-15-18-25-19-16-20-26-28(23,24)27-21-17-22/h22H,2-21H2,1H3,(H,23,24)/p-1. The number of phosphoric ester groups is 1. The van der Waals surface area contributed by atoms with Crippen LogP contribution in [0.15, 0.2) is 0 Å². The summed E-state index contributed by atoms with van der Waals surface area (Å²) in [6.45, 7) is 2.89. The Balaban J connectivity index is 3.13. The number of aliphatic hydroxyl groups excluding tert-OH is 1. The first-order chi connectivity index (χ1) is 13.6. The minimum absolute atomic E-state index is 0.0466. The van der Waals surface area contributed by atoms with Gasteiger partial charge in [-0.3, -0.25) is 4.57 Å². The molecular formula is C21H44O6P-. The van der Waals surface area contributed by atoms with Crippen molar-refractivity contribution in [3.05, 3.63) is 0 Å². The molecule has 0 aromatic rings. The van der Waals surface area contributed by atoms with Gasteiger partial charge in [-0.1, -0.05) is 90.4 Å². The van der Waals surface area contributed by atoms with E-state index >= 15 is 0 Å². The third-order valence-electron chi connectivity index (χ3n) is 4.67. The number of hydrogen-bond acceptors (Lipinski definition) is 6. The molecule has 170 valence electrons. The number of hydrogen-bond donors (Lipinski definition) is 1. The molecule has 1 atom stereocenters. The van der Waals surface area contributed by atoms with Crippen molar-refractivity contribution in [3.63, 3.8) is 0 Å². The lowest BCUT2D eigenvalue weighted by atomic mass is 10.0. The molecule has 7 heteroatoms. The lowest BCUT2D eigenvalue weighted by Crippen LogP contribution is -2.12. The minimum atomic E-state index is -4.27. The number of unbranched alkanes of at least 4 members (excludes halogenated alkanes) is 13. The Labute approximate surface area is 173 Å². The van der Waals surface area contributed by atoms with Crippen LogP contribution in [-0.2, 0) is 18.3 Å². The lowest BCUT2D eigenvalue weighted by molar-refractivity contribution is -0.226. The Morgan fingerprint density at radius 3 is 1.57 bits per heavy atom. The van der Waals surface area contributed by atoms with E-state index in [1.807, 2.05) is 0 Å². The number of ether oxygens (including phenoxy) is 1. The predicted molar refractivity (Wildman–Crippen MR) is 112 cm³/mol. The highest BCUT2D eigenvalue weighted by Crippen LogP contribution is 2.37. The molecule has 28 heavy (non-hydrogen) atoms. The molecule has 1 N–H and O–H groups in total. The van der Waals surface area contributed by atoms with E-state index in [0.717, 1.165) is 6.42 Å². The van der Waals surface area contributed by atoms with Crippen molar-refractivity contribution in [1.82, 2.24) is 0 Å². The van der Waals surface area contributed by atoms with Gasteiger partial charge in [0, 0.05) is 13.2 Å². The molecule has 0 saturated heterocycles. The fourth-order valence-corrected chi connectivity index (χ4v) is 3.76. The summed E-state index contributed by atoms with van der Waals surface area (Å²) < 4.78 is 25.7. The van der Waals surface area contributed by atoms with E-state index < -0.39 is 7.82 Å². The molecule has 0 saturated carbocycles. The van der Waals surface area contributed by atoms with E-state index in [-0.39, 0.29) is 19.8 Å². The van der Waals surface area contributed by atoms with E-state index in [0.29, 0.717) is 19.6 Å². The summed E-state index contributed by atoms with van der Waals surface area (Å²) in [5.41, 5.74) is 0. The van der Waals surface area contributed by atoms with Gasteiger partial charge < -0.3 is 23.8 Å². The van der Waals surface area contributed by atoms with Gasteiger partial charge in [-0.25, -0.2) is 0 Å². The van der Waals surface area contributed by atoms with Gasteiger partial charge in [-0.05, 0) is 12.8 Å². The maximum Gasteiger partial charge on any atom is 0.267 e. The Morgan fingerprint density at radius 2 is 1.07 bits per heavy atom. The molecule has 6 nitrogen and oxygen atoms in total. The first-order valence-corrected chi connectivity index (χ1v) is 12.9. The molecule has 0 aliphatic rings. The summed E-state index contributed by atoms with van der Waals surface area (Å²) in [6.07, 6.45) is 19.2. The molecule has 0 aliphatic carbocycles. The summed E-state index contributed by atoms with van der Waals surface area (Å²) in [4.78, 5) is 11.2. The summed E-state index contributed by atoms with van der Waals surface area (Å²) >= 11 is 0. The summed E-state index contributed by atoms with van der Waals surface area (Å²) in [5, 5.41) is 8.50. The van der Waals surface area contributed by atoms with Crippen LogP contribution in [0, 0.1) is 0 Å². The van der Waals surface area contributed by atoms with Crippen LogP contribution >= 0.6 is 7.82 Å². The van der Waals surface area contributed by atoms with Crippen LogP contribution in [0.4, 0.5) is 0 Å². The summed E-state index contributed by atoms with van der Waals surface area (Å²) in [5.74, 6) is 0. The van der Waals surface area contributed by atoms with E-state index in [1.54, 1.807) is 0 Å². The third-order valence-corrected chi connectivity index (χ3v) is 5.66. The van der Waals surface area contributed by atoms with E-state index in [2.05, 4.69) is 16.0 Å². The average Bonchev–Trinajstić information content (AvgIpc) is 2.68. The van der Waals surface area contributed by atoms with Crippen molar-refractivity contribution in [2.24, 2.45) is 0 Å². The molecule has 0 fully saturated rings. The third kappa shape index (κ3) is 22.3. The second-order valence-corrected chi connectivity index (χ2v) is 8.81. The van der Waals surface area contributed by atoms with Crippen molar-refractivity contribution in [3.8, 4) is 0 Å². The molecule has 0 bridgehead atoms. The first-order valence-electron chi connectivity index (χ1n) is 11.4.